The average molecular weight is 640 g/mol. The van der Waals surface area contributed by atoms with E-state index < -0.39 is 0 Å². The molecule has 0 bridgehead atoms. The van der Waals surface area contributed by atoms with E-state index in [0.29, 0.717) is 25.7 Å². The maximum Gasteiger partial charge on any atom is 0.298 e. The Morgan fingerprint density at radius 2 is 1.51 bits per heavy atom. The van der Waals surface area contributed by atoms with E-state index >= 15 is 0 Å². The minimum Gasteiger partial charge on any atom is -0.497 e. The van der Waals surface area contributed by atoms with Gasteiger partial charge in [0.25, 0.3) is 6.01 Å². The number of aryl methyl sites for hydroxylation is 1. The van der Waals surface area contributed by atoms with Crippen molar-refractivity contribution in [3.63, 3.8) is 0 Å². The third-order valence-corrected chi connectivity index (χ3v) is 8.23. The Labute approximate surface area is 258 Å². The van der Waals surface area contributed by atoms with E-state index in [1.54, 1.807) is 14.2 Å². The van der Waals surface area contributed by atoms with Gasteiger partial charge in [-0.05, 0) is 78.6 Å². The second kappa shape index (κ2) is 11.6. The van der Waals surface area contributed by atoms with Crippen LogP contribution in [-0.4, -0.2) is 35.4 Å². The Morgan fingerprint density at radius 3 is 2.19 bits per heavy atom. The van der Waals surface area contributed by atoms with Crippen molar-refractivity contribution in [2.45, 2.75) is 32.5 Å². The molecular weight excluding hydrogens is 608 g/mol. The standard InChI is InChI=1S/C34H31BrN4O4/c1-40-26-10-5-22(6-11-26)20-38(21-23-7-12-27(41-2)13-8-23)34-37-28-17-24(9-14-30(28)43-34)33-36-29-18-25(35)19-31-32(29)39(33)15-3-4-16-42-31/h5-14,17-19H,3-4,15-16,20-21H2,1-2H3. The van der Waals surface area contributed by atoms with Gasteiger partial charge in [0.1, 0.15) is 34.1 Å². The monoisotopic (exact) mass is 638 g/mol. The molecule has 0 saturated carbocycles. The van der Waals surface area contributed by atoms with Gasteiger partial charge in [0.05, 0.1) is 26.3 Å². The number of ether oxygens (including phenoxy) is 3. The van der Waals surface area contributed by atoms with Crippen LogP contribution in [0.2, 0.25) is 0 Å². The van der Waals surface area contributed by atoms with Gasteiger partial charge in [-0.3, -0.25) is 0 Å². The molecule has 7 rings (SSSR count). The first-order chi connectivity index (χ1) is 21.1. The average Bonchev–Trinajstić information content (AvgIpc) is 3.61. The van der Waals surface area contributed by atoms with Gasteiger partial charge in [0.15, 0.2) is 5.58 Å². The van der Waals surface area contributed by atoms with Gasteiger partial charge >= 0.3 is 0 Å². The van der Waals surface area contributed by atoms with Crippen LogP contribution in [0.5, 0.6) is 17.2 Å². The maximum atomic E-state index is 6.37. The minimum atomic E-state index is 0.557. The molecular formula is C34H31BrN4O4. The largest absolute Gasteiger partial charge is 0.497 e. The lowest BCUT2D eigenvalue weighted by atomic mass is 10.1. The molecule has 2 aromatic heterocycles. The number of hydrogen-bond acceptors (Lipinski definition) is 7. The Hall–Kier alpha value is -4.50. The van der Waals surface area contributed by atoms with Crippen molar-refractivity contribution in [1.82, 2.24) is 14.5 Å². The van der Waals surface area contributed by atoms with Gasteiger partial charge in [-0.1, -0.05) is 40.2 Å². The predicted octanol–water partition coefficient (Wildman–Crippen LogP) is 8.00. The SMILES string of the molecule is COc1ccc(CN(Cc2ccc(OC)cc2)c2nc3cc(-c4nc5cc(Br)cc6c5n4CCCCO6)ccc3o2)cc1. The molecule has 0 amide bonds. The highest BCUT2D eigenvalue weighted by molar-refractivity contribution is 9.10. The Balaban J connectivity index is 1.26. The molecule has 43 heavy (non-hydrogen) atoms. The van der Waals surface area contributed by atoms with Crippen molar-refractivity contribution in [2.75, 3.05) is 25.7 Å². The lowest BCUT2D eigenvalue weighted by Crippen LogP contribution is -2.22. The van der Waals surface area contributed by atoms with Crippen LogP contribution in [0.15, 0.2) is 87.8 Å². The number of oxazole rings is 1. The molecule has 0 saturated heterocycles. The van der Waals surface area contributed by atoms with E-state index in [2.05, 4.69) is 61.8 Å². The lowest BCUT2D eigenvalue weighted by molar-refractivity contribution is 0.299. The quantitative estimate of drug-likeness (QED) is 0.167. The van der Waals surface area contributed by atoms with E-state index in [-0.39, 0.29) is 0 Å². The molecule has 1 aliphatic rings. The number of halogens is 1. The number of fused-ring (bicyclic) bond motifs is 1. The molecule has 0 spiro atoms. The molecule has 0 N–H and O–H groups in total. The highest BCUT2D eigenvalue weighted by Crippen LogP contribution is 2.37. The van der Waals surface area contributed by atoms with E-state index in [1.165, 1.54) is 0 Å². The highest BCUT2D eigenvalue weighted by atomic mass is 79.9. The predicted molar refractivity (Wildman–Crippen MR) is 171 cm³/mol. The molecule has 0 aliphatic carbocycles. The number of methoxy groups -OCH3 is 2. The molecule has 0 fully saturated rings. The summed E-state index contributed by atoms with van der Waals surface area (Å²) in [6.45, 7) is 2.82. The van der Waals surface area contributed by atoms with Gasteiger partial charge < -0.3 is 28.1 Å². The summed E-state index contributed by atoms with van der Waals surface area (Å²) >= 11 is 3.62. The van der Waals surface area contributed by atoms with Crippen LogP contribution < -0.4 is 19.1 Å². The maximum absolute atomic E-state index is 6.37. The zero-order chi connectivity index (χ0) is 29.3. The summed E-state index contributed by atoms with van der Waals surface area (Å²) in [5.41, 5.74) is 6.68. The fourth-order valence-corrected chi connectivity index (χ4v) is 6.01. The summed E-state index contributed by atoms with van der Waals surface area (Å²) < 4.78 is 26.4. The van der Waals surface area contributed by atoms with Gasteiger partial charge in [0, 0.05) is 29.7 Å². The van der Waals surface area contributed by atoms with E-state index in [9.17, 15) is 0 Å². The van der Waals surface area contributed by atoms with Crippen LogP contribution in [0, 0.1) is 0 Å². The molecule has 4 aromatic carbocycles. The summed E-state index contributed by atoms with van der Waals surface area (Å²) in [5, 5.41) is 0. The van der Waals surface area contributed by atoms with E-state index in [1.807, 2.05) is 42.5 Å². The Kier molecular flexibility index (Phi) is 7.40. The van der Waals surface area contributed by atoms with E-state index in [0.717, 1.165) is 85.8 Å². The Morgan fingerprint density at radius 1 is 0.814 bits per heavy atom. The molecule has 218 valence electrons. The number of anilines is 1. The molecule has 0 atom stereocenters. The summed E-state index contributed by atoms with van der Waals surface area (Å²) in [7, 11) is 3.35. The minimum absolute atomic E-state index is 0.557. The molecule has 8 nitrogen and oxygen atoms in total. The number of aromatic nitrogens is 3. The van der Waals surface area contributed by atoms with Crippen molar-refractivity contribution in [2.24, 2.45) is 0 Å². The van der Waals surface area contributed by atoms with Crippen LogP contribution in [0.1, 0.15) is 24.0 Å². The van der Waals surface area contributed by atoms with Crippen LogP contribution in [0.3, 0.4) is 0 Å². The lowest BCUT2D eigenvalue weighted by Gasteiger charge is -2.21. The van der Waals surface area contributed by atoms with Crippen LogP contribution in [0.25, 0.3) is 33.5 Å². The summed E-state index contributed by atoms with van der Waals surface area (Å²) in [4.78, 5) is 12.2. The number of benzene rings is 4. The zero-order valence-electron chi connectivity index (χ0n) is 24.0. The molecule has 0 radical (unpaired) electrons. The van der Waals surface area contributed by atoms with Crippen LogP contribution in [-0.2, 0) is 19.6 Å². The number of nitrogens with zero attached hydrogens (tertiary/aromatic N) is 4. The molecule has 9 heteroatoms. The fourth-order valence-electron chi connectivity index (χ4n) is 5.58. The van der Waals surface area contributed by atoms with Gasteiger partial charge in [-0.2, -0.15) is 4.98 Å². The van der Waals surface area contributed by atoms with Crippen molar-refractivity contribution in [1.29, 1.82) is 0 Å². The van der Waals surface area contributed by atoms with E-state index in [4.69, 9.17) is 28.6 Å². The number of hydrogen-bond donors (Lipinski definition) is 0. The summed E-state index contributed by atoms with van der Waals surface area (Å²) in [5.74, 6) is 3.41. The third-order valence-electron chi connectivity index (χ3n) is 7.78. The molecule has 1 aliphatic heterocycles. The van der Waals surface area contributed by atoms with Crippen LogP contribution >= 0.6 is 15.9 Å². The van der Waals surface area contributed by atoms with Crippen molar-refractivity contribution in [3.8, 4) is 28.6 Å². The van der Waals surface area contributed by atoms with Crippen molar-refractivity contribution < 1.29 is 18.6 Å². The number of rotatable bonds is 8. The first-order valence-electron chi connectivity index (χ1n) is 14.3. The van der Waals surface area contributed by atoms with Gasteiger partial charge in [0.2, 0.25) is 0 Å². The number of imidazole rings is 1. The van der Waals surface area contributed by atoms with Crippen molar-refractivity contribution in [3.05, 3.63) is 94.5 Å². The van der Waals surface area contributed by atoms with Gasteiger partial charge in [-0.25, -0.2) is 4.98 Å². The third kappa shape index (κ3) is 5.52. The van der Waals surface area contributed by atoms with Gasteiger partial charge in [-0.15, -0.1) is 0 Å². The molecule has 6 aromatic rings. The zero-order valence-corrected chi connectivity index (χ0v) is 25.6. The topological polar surface area (TPSA) is 74.8 Å². The first kappa shape index (κ1) is 27.3. The second-order valence-electron chi connectivity index (χ2n) is 10.6. The molecule has 0 unspecified atom stereocenters. The highest BCUT2D eigenvalue weighted by Gasteiger charge is 2.21. The molecule has 3 heterocycles. The summed E-state index contributed by atoms with van der Waals surface area (Å²) in [6, 6.07) is 26.9. The fraction of sp³-hybridized carbons (Fsp3) is 0.235. The summed E-state index contributed by atoms with van der Waals surface area (Å²) in [6.07, 6.45) is 2.02. The van der Waals surface area contributed by atoms with Crippen LogP contribution in [0.4, 0.5) is 6.01 Å². The van der Waals surface area contributed by atoms with Crippen molar-refractivity contribution >= 4 is 44.1 Å². The second-order valence-corrected chi connectivity index (χ2v) is 11.6. The Bertz CT molecular complexity index is 1850. The normalized spacial score (nSPS) is 13.0. The first-order valence-corrected chi connectivity index (χ1v) is 15.1. The smallest absolute Gasteiger partial charge is 0.298 e.